The molecule has 0 aliphatic heterocycles. The van der Waals surface area contributed by atoms with E-state index in [4.69, 9.17) is 19.6 Å². The summed E-state index contributed by atoms with van der Waals surface area (Å²) in [5.74, 6) is -0.778. The summed E-state index contributed by atoms with van der Waals surface area (Å²) in [6.45, 7) is 16.9. The summed E-state index contributed by atoms with van der Waals surface area (Å²) in [7, 11) is 0. The smallest absolute Gasteiger partial charge is 0.228 e. The maximum absolute atomic E-state index is 5.87. The molecule has 0 aromatic carbocycles. The quantitative estimate of drug-likeness (QED) is 0.313. The van der Waals surface area contributed by atoms with Crippen molar-refractivity contribution < 1.29 is 19.6 Å². The molecule has 0 spiro atoms. The molecule has 0 bridgehead atoms. The van der Waals surface area contributed by atoms with Crippen LogP contribution in [0.1, 0.15) is 100 Å². The van der Waals surface area contributed by atoms with Crippen molar-refractivity contribution in [3.63, 3.8) is 0 Å². The minimum atomic E-state index is -0.778. The van der Waals surface area contributed by atoms with Gasteiger partial charge >= 0.3 is 0 Å². The lowest BCUT2D eigenvalue weighted by Crippen LogP contribution is -2.44. The average molecular weight is 331 g/mol. The van der Waals surface area contributed by atoms with Crippen LogP contribution in [0.25, 0.3) is 0 Å². The van der Waals surface area contributed by atoms with Gasteiger partial charge < -0.3 is 0 Å². The third-order valence-electron chi connectivity index (χ3n) is 4.26. The van der Waals surface area contributed by atoms with E-state index in [0.717, 1.165) is 38.5 Å². The Kier molecular flexibility index (Phi) is 7.10. The van der Waals surface area contributed by atoms with E-state index >= 15 is 0 Å². The molecular formula is C19H38O4. The van der Waals surface area contributed by atoms with Crippen molar-refractivity contribution in [1.29, 1.82) is 0 Å². The second kappa shape index (κ2) is 7.81. The predicted octanol–water partition coefficient (Wildman–Crippen LogP) is 5.95. The first-order chi connectivity index (χ1) is 10.4. The molecule has 0 aromatic heterocycles. The van der Waals surface area contributed by atoms with Crippen LogP contribution in [0.5, 0.6) is 0 Å². The first-order valence-electron chi connectivity index (χ1n) is 9.12. The largest absolute Gasteiger partial charge is 0.234 e. The van der Waals surface area contributed by atoms with Crippen molar-refractivity contribution in [3.05, 3.63) is 0 Å². The van der Waals surface area contributed by atoms with Crippen LogP contribution in [-0.4, -0.2) is 17.0 Å². The predicted molar refractivity (Wildman–Crippen MR) is 92.7 cm³/mol. The molecule has 0 unspecified atom stereocenters. The fourth-order valence-electron chi connectivity index (χ4n) is 3.01. The van der Waals surface area contributed by atoms with E-state index in [0.29, 0.717) is 0 Å². The summed E-state index contributed by atoms with van der Waals surface area (Å²) >= 11 is 0. The van der Waals surface area contributed by atoms with E-state index in [1.807, 2.05) is 13.8 Å². The van der Waals surface area contributed by atoms with Gasteiger partial charge in [-0.1, -0.05) is 34.1 Å². The summed E-state index contributed by atoms with van der Waals surface area (Å²) in [6, 6.07) is 0. The van der Waals surface area contributed by atoms with Gasteiger partial charge in [0.1, 0.15) is 0 Å². The molecule has 1 saturated carbocycles. The van der Waals surface area contributed by atoms with Gasteiger partial charge in [-0.3, -0.25) is 0 Å². The Morgan fingerprint density at radius 2 is 1.22 bits per heavy atom. The molecule has 138 valence electrons. The monoisotopic (exact) mass is 330 g/mol. The van der Waals surface area contributed by atoms with E-state index in [2.05, 4.69) is 41.5 Å². The Morgan fingerprint density at radius 1 is 0.739 bits per heavy atom. The third-order valence-corrected chi connectivity index (χ3v) is 4.26. The van der Waals surface area contributed by atoms with Crippen LogP contribution in [0.2, 0.25) is 0 Å². The lowest BCUT2D eigenvalue weighted by Gasteiger charge is -2.39. The molecule has 4 heteroatoms. The van der Waals surface area contributed by atoms with Gasteiger partial charge in [0.2, 0.25) is 5.79 Å². The highest BCUT2D eigenvalue weighted by molar-refractivity contribution is 4.77. The number of hydrogen-bond donors (Lipinski definition) is 0. The summed E-state index contributed by atoms with van der Waals surface area (Å²) < 4.78 is 0. The molecule has 1 rings (SSSR count). The second-order valence-corrected chi connectivity index (χ2v) is 9.42. The molecule has 23 heavy (non-hydrogen) atoms. The Bertz CT molecular complexity index is 349. The van der Waals surface area contributed by atoms with Gasteiger partial charge in [-0.2, -0.15) is 9.78 Å². The van der Waals surface area contributed by atoms with E-state index in [9.17, 15) is 0 Å². The van der Waals surface area contributed by atoms with Gasteiger partial charge in [-0.25, -0.2) is 9.78 Å². The van der Waals surface area contributed by atoms with Crippen LogP contribution in [0.4, 0.5) is 0 Å². The zero-order valence-electron chi connectivity index (χ0n) is 16.6. The zero-order chi connectivity index (χ0) is 17.8. The van der Waals surface area contributed by atoms with Gasteiger partial charge in [0, 0.05) is 12.8 Å². The molecule has 0 saturated heterocycles. The maximum Gasteiger partial charge on any atom is 0.234 e. The molecule has 0 aromatic rings. The van der Waals surface area contributed by atoms with Crippen LogP contribution in [0, 0.1) is 5.41 Å². The highest BCUT2D eigenvalue weighted by atomic mass is 17.3. The minimum absolute atomic E-state index is 0.175. The minimum Gasteiger partial charge on any atom is -0.228 e. The Balaban J connectivity index is 2.67. The van der Waals surface area contributed by atoms with Crippen LogP contribution in [-0.2, 0) is 19.6 Å². The maximum atomic E-state index is 5.87. The van der Waals surface area contributed by atoms with E-state index < -0.39 is 5.79 Å². The van der Waals surface area contributed by atoms with Gasteiger partial charge in [-0.05, 0) is 58.8 Å². The standard InChI is InChI=1S/C19H38O4/c1-9-17(5,6)20-22-19(13-11-10-12-14-19)23-21-18(7,8)15-16(2,3)4/h9-15H2,1-8H3. The summed E-state index contributed by atoms with van der Waals surface area (Å²) in [4.78, 5) is 23.2. The number of hydrogen-bond acceptors (Lipinski definition) is 4. The van der Waals surface area contributed by atoms with Gasteiger partial charge in [0.25, 0.3) is 0 Å². The normalized spacial score (nSPS) is 19.8. The summed E-state index contributed by atoms with van der Waals surface area (Å²) in [5, 5.41) is 0. The highest BCUT2D eigenvalue weighted by Crippen LogP contribution is 2.37. The van der Waals surface area contributed by atoms with Crippen molar-refractivity contribution in [2.24, 2.45) is 5.41 Å². The van der Waals surface area contributed by atoms with Crippen molar-refractivity contribution in [2.45, 2.75) is 117 Å². The van der Waals surface area contributed by atoms with E-state index in [1.165, 1.54) is 6.42 Å². The molecule has 1 fully saturated rings. The molecule has 4 nitrogen and oxygen atoms in total. The average Bonchev–Trinajstić information content (AvgIpc) is 2.42. The van der Waals surface area contributed by atoms with Gasteiger partial charge in [-0.15, -0.1) is 0 Å². The molecule has 1 aliphatic carbocycles. The van der Waals surface area contributed by atoms with Crippen molar-refractivity contribution >= 4 is 0 Å². The summed E-state index contributed by atoms with van der Waals surface area (Å²) in [5.41, 5.74) is -0.519. The molecular weight excluding hydrogens is 292 g/mol. The van der Waals surface area contributed by atoms with E-state index in [-0.39, 0.29) is 16.6 Å². The fraction of sp³-hybridized carbons (Fsp3) is 1.00. The fourth-order valence-corrected chi connectivity index (χ4v) is 3.01. The van der Waals surface area contributed by atoms with Crippen molar-refractivity contribution in [1.82, 2.24) is 0 Å². The van der Waals surface area contributed by atoms with Crippen LogP contribution in [0.3, 0.4) is 0 Å². The molecule has 0 amide bonds. The lowest BCUT2D eigenvalue weighted by molar-refractivity contribution is -0.548. The molecule has 0 atom stereocenters. The topological polar surface area (TPSA) is 36.9 Å². The van der Waals surface area contributed by atoms with E-state index in [1.54, 1.807) is 0 Å². The van der Waals surface area contributed by atoms with Gasteiger partial charge in [0.15, 0.2) is 0 Å². The summed E-state index contributed by atoms with van der Waals surface area (Å²) in [6.07, 6.45) is 6.72. The third kappa shape index (κ3) is 7.97. The number of rotatable bonds is 8. The Labute approximate surface area is 143 Å². The van der Waals surface area contributed by atoms with Crippen LogP contribution < -0.4 is 0 Å². The van der Waals surface area contributed by atoms with Gasteiger partial charge in [0.05, 0.1) is 11.2 Å². The van der Waals surface area contributed by atoms with Crippen LogP contribution >= 0.6 is 0 Å². The van der Waals surface area contributed by atoms with Crippen molar-refractivity contribution in [3.8, 4) is 0 Å². The zero-order valence-corrected chi connectivity index (χ0v) is 16.6. The Morgan fingerprint density at radius 3 is 1.65 bits per heavy atom. The van der Waals surface area contributed by atoms with Crippen LogP contribution in [0.15, 0.2) is 0 Å². The molecule has 0 radical (unpaired) electrons. The first-order valence-corrected chi connectivity index (χ1v) is 9.12. The van der Waals surface area contributed by atoms with Crippen molar-refractivity contribution in [2.75, 3.05) is 0 Å². The lowest BCUT2D eigenvalue weighted by atomic mass is 9.84. The first kappa shape index (κ1) is 20.9. The molecule has 0 heterocycles. The SMILES string of the molecule is CCC(C)(C)OOC1(OOC(C)(C)CC(C)(C)C)CCCCC1. The second-order valence-electron chi connectivity index (χ2n) is 9.42. The Hall–Kier alpha value is -0.160. The molecule has 0 N–H and O–H groups in total. The highest BCUT2D eigenvalue weighted by Gasteiger charge is 2.41. The molecule has 1 aliphatic rings.